The topological polar surface area (TPSA) is 84.4 Å². The summed E-state index contributed by atoms with van der Waals surface area (Å²) < 4.78 is 6.77. The van der Waals surface area contributed by atoms with Gasteiger partial charge in [0.05, 0.1) is 6.61 Å². The normalized spacial score (nSPS) is 24.9. The van der Waals surface area contributed by atoms with Crippen molar-refractivity contribution in [3.05, 3.63) is 32.6 Å². The van der Waals surface area contributed by atoms with Gasteiger partial charge in [-0.15, -0.1) is 0 Å². The molecule has 22 heavy (non-hydrogen) atoms. The van der Waals surface area contributed by atoms with Crippen LogP contribution in [0.1, 0.15) is 24.8 Å². The number of nitrogens with one attached hydrogen (secondary N) is 1. The van der Waals surface area contributed by atoms with Crippen LogP contribution >= 0.6 is 0 Å². The van der Waals surface area contributed by atoms with Crippen molar-refractivity contribution in [1.29, 1.82) is 0 Å². The summed E-state index contributed by atoms with van der Waals surface area (Å²) in [5.41, 5.74) is -0.430. The second kappa shape index (κ2) is 5.72. The Morgan fingerprint density at radius 2 is 2.23 bits per heavy atom. The number of carbonyl (C=O) groups excluding carboxylic acids is 1. The van der Waals surface area contributed by atoms with Crippen LogP contribution in [0.25, 0.3) is 0 Å². The molecule has 1 unspecified atom stereocenters. The molecule has 2 aliphatic rings. The maximum atomic E-state index is 12.5. The van der Waals surface area contributed by atoms with Gasteiger partial charge in [-0.2, -0.15) is 0 Å². The Balaban J connectivity index is 1.73. The third-order valence-corrected chi connectivity index (χ3v) is 4.69. The average molecular weight is 307 g/mol. The molecular weight excluding hydrogens is 286 g/mol. The van der Waals surface area contributed by atoms with Gasteiger partial charge in [-0.25, -0.2) is 4.79 Å². The molecular formula is C15H21N3O4. The van der Waals surface area contributed by atoms with E-state index in [9.17, 15) is 14.4 Å². The Bertz CT molecular complexity index is 685. The SMILES string of the molecule is Cc1cn(CC(=O)N2CCCC3(CCOC3)C2)c(=O)[nH]c1=O. The first kappa shape index (κ1) is 15.0. The third kappa shape index (κ3) is 2.85. The number of hydrogen-bond acceptors (Lipinski definition) is 4. The summed E-state index contributed by atoms with van der Waals surface area (Å²) in [7, 11) is 0. The molecule has 3 heterocycles. The van der Waals surface area contributed by atoms with Crippen LogP contribution in [-0.2, 0) is 16.1 Å². The van der Waals surface area contributed by atoms with E-state index in [4.69, 9.17) is 4.74 Å². The number of ether oxygens (including phenoxy) is 1. The Morgan fingerprint density at radius 1 is 1.41 bits per heavy atom. The molecule has 1 N–H and O–H groups in total. The Kier molecular flexibility index (Phi) is 3.90. The van der Waals surface area contributed by atoms with E-state index in [0.717, 1.165) is 32.4 Å². The summed E-state index contributed by atoms with van der Waals surface area (Å²) in [4.78, 5) is 39.7. The number of aromatic amines is 1. The van der Waals surface area contributed by atoms with Gasteiger partial charge in [-0.3, -0.25) is 19.1 Å². The van der Waals surface area contributed by atoms with Crippen molar-refractivity contribution in [3.63, 3.8) is 0 Å². The number of rotatable bonds is 2. The van der Waals surface area contributed by atoms with Gasteiger partial charge < -0.3 is 9.64 Å². The molecule has 0 radical (unpaired) electrons. The quantitative estimate of drug-likeness (QED) is 0.825. The highest BCUT2D eigenvalue weighted by Gasteiger charge is 2.40. The van der Waals surface area contributed by atoms with E-state index in [-0.39, 0.29) is 17.9 Å². The highest BCUT2D eigenvalue weighted by Crippen LogP contribution is 2.37. The monoisotopic (exact) mass is 307 g/mol. The Labute approximate surface area is 127 Å². The van der Waals surface area contributed by atoms with Crippen molar-refractivity contribution in [3.8, 4) is 0 Å². The van der Waals surface area contributed by atoms with Crippen molar-refractivity contribution in [2.75, 3.05) is 26.3 Å². The van der Waals surface area contributed by atoms with Crippen LogP contribution in [0.5, 0.6) is 0 Å². The number of aromatic nitrogens is 2. The number of H-pyrrole nitrogens is 1. The van der Waals surface area contributed by atoms with E-state index in [1.54, 1.807) is 6.92 Å². The molecule has 2 fully saturated rings. The number of hydrogen-bond donors (Lipinski definition) is 1. The lowest BCUT2D eigenvalue weighted by Crippen LogP contribution is -2.48. The molecule has 7 nitrogen and oxygen atoms in total. The average Bonchev–Trinajstić information content (AvgIpc) is 2.92. The van der Waals surface area contributed by atoms with Crippen LogP contribution in [0.2, 0.25) is 0 Å². The molecule has 0 aliphatic carbocycles. The number of amides is 1. The van der Waals surface area contributed by atoms with Crippen molar-refractivity contribution >= 4 is 5.91 Å². The highest BCUT2D eigenvalue weighted by molar-refractivity contribution is 5.76. The summed E-state index contributed by atoms with van der Waals surface area (Å²) in [5, 5.41) is 0. The minimum Gasteiger partial charge on any atom is -0.381 e. The smallest absolute Gasteiger partial charge is 0.328 e. The highest BCUT2D eigenvalue weighted by atomic mass is 16.5. The van der Waals surface area contributed by atoms with E-state index in [0.29, 0.717) is 18.7 Å². The van der Waals surface area contributed by atoms with Crippen LogP contribution < -0.4 is 11.2 Å². The molecule has 1 spiro atoms. The van der Waals surface area contributed by atoms with Crippen LogP contribution in [0, 0.1) is 12.3 Å². The van der Waals surface area contributed by atoms with Crippen LogP contribution in [0.3, 0.4) is 0 Å². The minimum absolute atomic E-state index is 0.0343. The lowest BCUT2D eigenvalue weighted by Gasteiger charge is -2.39. The van der Waals surface area contributed by atoms with E-state index in [1.807, 2.05) is 4.90 Å². The Morgan fingerprint density at radius 3 is 2.95 bits per heavy atom. The largest absolute Gasteiger partial charge is 0.381 e. The van der Waals surface area contributed by atoms with Gasteiger partial charge in [0, 0.05) is 36.9 Å². The van der Waals surface area contributed by atoms with Gasteiger partial charge in [-0.05, 0) is 26.2 Å². The van der Waals surface area contributed by atoms with Gasteiger partial charge in [0.1, 0.15) is 6.54 Å². The number of nitrogens with zero attached hydrogens (tertiary/aromatic N) is 2. The molecule has 0 saturated carbocycles. The van der Waals surface area contributed by atoms with Crippen molar-refractivity contribution in [2.45, 2.75) is 32.7 Å². The summed E-state index contributed by atoms with van der Waals surface area (Å²) >= 11 is 0. The van der Waals surface area contributed by atoms with Crippen LogP contribution in [0.4, 0.5) is 0 Å². The molecule has 1 amide bonds. The second-order valence-electron chi connectivity index (χ2n) is 6.42. The number of aryl methyl sites for hydroxylation is 1. The molecule has 3 rings (SSSR count). The van der Waals surface area contributed by atoms with Gasteiger partial charge in [0.2, 0.25) is 5.91 Å². The fourth-order valence-corrected chi connectivity index (χ4v) is 3.37. The molecule has 0 bridgehead atoms. The summed E-state index contributed by atoms with van der Waals surface area (Å²) in [6.07, 6.45) is 4.50. The first-order valence-corrected chi connectivity index (χ1v) is 7.65. The minimum atomic E-state index is -0.542. The molecule has 2 aliphatic heterocycles. The molecule has 2 saturated heterocycles. The van der Waals surface area contributed by atoms with Gasteiger partial charge in [0.25, 0.3) is 5.56 Å². The van der Waals surface area contributed by atoms with Crippen molar-refractivity contribution in [1.82, 2.24) is 14.5 Å². The molecule has 1 aromatic heterocycles. The third-order valence-electron chi connectivity index (χ3n) is 4.69. The van der Waals surface area contributed by atoms with E-state index < -0.39 is 11.2 Å². The number of carbonyl (C=O) groups is 1. The predicted octanol–water partition coefficient (Wildman–Crippen LogP) is -0.126. The maximum absolute atomic E-state index is 12.5. The molecule has 1 aromatic rings. The van der Waals surface area contributed by atoms with Crippen molar-refractivity contribution < 1.29 is 9.53 Å². The lowest BCUT2D eigenvalue weighted by molar-refractivity contribution is -0.135. The van der Waals surface area contributed by atoms with Crippen molar-refractivity contribution in [2.24, 2.45) is 5.41 Å². The lowest BCUT2D eigenvalue weighted by atomic mass is 9.79. The van der Waals surface area contributed by atoms with Gasteiger partial charge in [-0.1, -0.05) is 0 Å². The van der Waals surface area contributed by atoms with Gasteiger partial charge >= 0.3 is 5.69 Å². The molecule has 120 valence electrons. The Hall–Kier alpha value is -1.89. The second-order valence-corrected chi connectivity index (χ2v) is 6.42. The predicted molar refractivity (Wildman–Crippen MR) is 79.7 cm³/mol. The zero-order chi connectivity index (χ0) is 15.7. The summed E-state index contributed by atoms with van der Waals surface area (Å²) in [6.45, 7) is 4.48. The summed E-state index contributed by atoms with van der Waals surface area (Å²) in [6, 6.07) is 0. The zero-order valence-corrected chi connectivity index (χ0v) is 12.8. The van der Waals surface area contributed by atoms with Gasteiger partial charge in [0.15, 0.2) is 0 Å². The number of piperidine rings is 1. The van der Waals surface area contributed by atoms with Crippen LogP contribution in [0.15, 0.2) is 15.8 Å². The summed E-state index contributed by atoms with van der Waals surface area (Å²) in [5.74, 6) is -0.0838. The fourth-order valence-electron chi connectivity index (χ4n) is 3.37. The van der Waals surface area contributed by atoms with Crippen LogP contribution in [-0.4, -0.2) is 46.7 Å². The van der Waals surface area contributed by atoms with E-state index >= 15 is 0 Å². The standard InChI is InChI=1S/C15H21N3O4/c1-11-7-18(14(21)16-13(11)20)8-12(19)17-5-2-3-15(9-17)4-6-22-10-15/h7H,2-6,8-10H2,1H3,(H,16,20,21). The fraction of sp³-hybridized carbons (Fsp3) is 0.667. The molecule has 7 heteroatoms. The zero-order valence-electron chi connectivity index (χ0n) is 12.8. The maximum Gasteiger partial charge on any atom is 0.328 e. The van der Waals surface area contributed by atoms with E-state index in [1.165, 1.54) is 10.8 Å². The first-order valence-electron chi connectivity index (χ1n) is 7.65. The molecule has 0 aromatic carbocycles. The number of likely N-dealkylation sites (tertiary alicyclic amines) is 1. The molecule has 1 atom stereocenters. The van der Waals surface area contributed by atoms with E-state index in [2.05, 4.69) is 4.98 Å². The first-order chi connectivity index (χ1) is 10.5.